The maximum Gasteiger partial charge on any atom is 0.244 e. The number of anilines is 1. The summed E-state index contributed by atoms with van der Waals surface area (Å²) in [5, 5.41) is 3.06. The van der Waals surface area contributed by atoms with E-state index >= 15 is 0 Å². The van der Waals surface area contributed by atoms with Crippen LogP contribution in [0, 0.1) is 0 Å². The minimum absolute atomic E-state index is 0.00545. The second-order valence-electron chi connectivity index (χ2n) is 5.10. The fourth-order valence-corrected chi connectivity index (χ4v) is 3.77. The maximum absolute atomic E-state index is 12.5. The average molecular weight is 298 g/mol. The smallest absolute Gasteiger partial charge is 0.244 e. The number of nitrogens with zero attached hydrogens (tertiary/aromatic N) is 2. The lowest BCUT2D eigenvalue weighted by Crippen LogP contribution is -2.43. The standard InChI is InChI=1S/C13H22N4O2S/c1-3-15-12-4-7-14-10-13(12)20(18,19)16-11-5-8-17(2)9-6-11/h4,7,10-11,16H,3,5-6,8-9H2,1-2H3,(H,14,15). The van der Waals surface area contributed by atoms with Crippen molar-refractivity contribution in [1.82, 2.24) is 14.6 Å². The molecule has 112 valence electrons. The van der Waals surface area contributed by atoms with E-state index in [0.29, 0.717) is 12.2 Å². The van der Waals surface area contributed by atoms with Gasteiger partial charge in [0.05, 0.1) is 5.69 Å². The molecule has 0 bridgehead atoms. The molecule has 1 aliphatic heterocycles. The molecule has 0 unspecified atom stereocenters. The van der Waals surface area contributed by atoms with Crippen molar-refractivity contribution < 1.29 is 8.42 Å². The van der Waals surface area contributed by atoms with E-state index < -0.39 is 10.0 Å². The minimum atomic E-state index is -3.52. The summed E-state index contributed by atoms with van der Waals surface area (Å²) in [5.41, 5.74) is 0.600. The summed E-state index contributed by atoms with van der Waals surface area (Å²) in [6.45, 7) is 4.43. The van der Waals surface area contributed by atoms with Gasteiger partial charge in [0, 0.05) is 25.0 Å². The molecule has 7 heteroatoms. The van der Waals surface area contributed by atoms with E-state index in [1.807, 2.05) is 6.92 Å². The Morgan fingerprint density at radius 2 is 2.10 bits per heavy atom. The van der Waals surface area contributed by atoms with Crippen molar-refractivity contribution in [1.29, 1.82) is 0 Å². The van der Waals surface area contributed by atoms with Crippen LogP contribution in [0.15, 0.2) is 23.4 Å². The first kappa shape index (κ1) is 15.2. The van der Waals surface area contributed by atoms with E-state index in [1.54, 1.807) is 12.3 Å². The molecular weight excluding hydrogens is 276 g/mol. The lowest BCUT2D eigenvalue weighted by Gasteiger charge is -2.29. The van der Waals surface area contributed by atoms with E-state index in [1.165, 1.54) is 6.20 Å². The van der Waals surface area contributed by atoms with Crippen LogP contribution in [-0.4, -0.2) is 51.0 Å². The maximum atomic E-state index is 12.5. The number of sulfonamides is 1. The SMILES string of the molecule is CCNc1ccncc1S(=O)(=O)NC1CCN(C)CC1. The third kappa shape index (κ3) is 3.68. The summed E-state index contributed by atoms with van der Waals surface area (Å²) in [4.78, 5) is 6.36. The molecule has 0 radical (unpaired) electrons. The Morgan fingerprint density at radius 3 is 2.75 bits per heavy atom. The van der Waals surface area contributed by atoms with Crippen LogP contribution in [0.3, 0.4) is 0 Å². The predicted octanol–water partition coefficient (Wildman–Crippen LogP) is 0.886. The first-order valence-electron chi connectivity index (χ1n) is 6.91. The van der Waals surface area contributed by atoms with Crippen LogP contribution in [0.4, 0.5) is 5.69 Å². The van der Waals surface area contributed by atoms with Crippen LogP contribution in [0.5, 0.6) is 0 Å². The molecule has 2 N–H and O–H groups in total. The zero-order chi connectivity index (χ0) is 14.6. The lowest BCUT2D eigenvalue weighted by atomic mass is 10.1. The molecule has 0 amide bonds. The third-order valence-corrected chi connectivity index (χ3v) is 5.03. The Morgan fingerprint density at radius 1 is 1.40 bits per heavy atom. The van der Waals surface area contributed by atoms with Crippen LogP contribution in [0.2, 0.25) is 0 Å². The summed E-state index contributed by atoms with van der Waals surface area (Å²) < 4.78 is 27.7. The van der Waals surface area contributed by atoms with Crippen molar-refractivity contribution in [2.75, 3.05) is 32.0 Å². The van der Waals surface area contributed by atoms with Crippen molar-refractivity contribution in [3.05, 3.63) is 18.5 Å². The van der Waals surface area contributed by atoms with E-state index in [9.17, 15) is 8.42 Å². The number of rotatable bonds is 5. The van der Waals surface area contributed by atoms with E-state index in [2.05, 4.69) is 27.0 Å². The molecule has 2 heterocycles. The molecule has 6 nitrogen and oxygen atoms in total. The molecule has 20 heavy (non-hydrogen) atoms. The van der Waals surface area contributed by atoms with Gasteiger partial charge in [-0.15, -0.1) is 0 Å². The Labute approximate surface area is 120 Å². The van der Waals surface area contributed by atoms with Gasteiger partial charge < -0.3 is 10.2 Å². The van der Waals surface area contributed by atoms with Gasteiger partial charge in [0.2, 0.25) is 10.0 Å². The fraction of sp³-hybridized carbons (Fsp3) is 0.615. The molecule has 0 aliphatic carbocycles. The van der Waals surface area contributed by atoms with Crippen LogP contribution < -0.4 is 10.0 Å². The molecule has 0 aromatic carbocycles. The van der Waals surface area contributed by atoms with E-state index in [-0.39, 0.29) is 10.9 Å². The number of nitrogens with one attached hydrogen (secondary N) is 2. The van der Waals surface area contributed by atoms with Gasteiger partial charge in [-0.2, -0.15) is 0 Å². The second kappa shape index (κ2) is 6.51. The Hall–Kier alpha value is -1.18. The van der Waals surface area contributed by atoms with Crippen molar-refractivity contribution in [3.63, 3.8) is 0 Å². The molecule has 1 saturated heterocycles. The van der Waals surface area contributed by atoms with Crippen LogP contribution in [0.1, 0.15) is 19.8 Å². The Bertz CT molecular complexity index is 539. The first-order valence-corrected chi connectivity index (χ1v) is 8.40. The second-order valence-corrected chi connectivity index (χ2v) is 6.78. The fourth-order valence-electron chi connectivity index (χ4n) is 2.34. The zero-order valence-corrected chi connectivity index (χ0v) is 12.8. The summed E-state index contributed by atoms with van der Waals surface area (Å²) in [6.07, 6.45) is 4.67. The number of likely N-dealkylation sites (tertiary alicyclic amines) is 1. The molecular formula is C13H22N4O2S. The highest BCUT2D eigenvalue weighted by Gasteiger charge is 2.25. The van der Waals surface area contributed by atoms with Crippen molar-refractivity contribution in [2.24, 2.45) is 0 Å². The highest BCUT2D eigenvalue weighted by atomic mass is 32.2. The number of hydrogen-bond donors (Lipinski definition) is 2. The Balaban J connectivity index is 2.14. The van der Waals surface area contributed by atoms with Crippen LogP contribution in [-0.2, 0) is 10.0 Å². The molecule has 2 rings (SSSR count). The normalized spacial score (nSPS) is 18.1. The number of pyridine rings is 1. The third-order valence-electron chi connectivity index (χ3n) is 3.48. The molecule has 0 saturated carbocycles. The Kier molecular flexibility index (Phi) is 4.95. The van der Waals surface area contributed by atoms with Crippen LogP contribution >= 0.6 is 0 Å². The number of piperidine rings is 1. The quantitative estimate of drug-likeness (QED) is 0.844. The highest BCUT2D eigenvalue weighted by Crippen LogP contribution is 2.21. The van der Waals surface area contributed by atoms with Crippen molar-refractivity contribution in [3.8, 4) is 0 Å². The summed E-state index contributed by atoms with van der Waals surface area (Å²) in [7, 11) is -1.47. The molecule has 1 fully saturated rings. The van der Waals surface area contributed by atoms with Crippen LogP contribution in [0.25, 0.3) is 0 Å². The lowest BCUT2D eigenvalue weighted by molar-refractivity contribution is 0.248. The molecule has 0 atom stereocenters. The van der Waals surface area contributed by atoms with Gasteiger partial charge in [0.1, 0.15) is 4.90 Å². The van der Waals surface area contributed by atoms with Gasteiger partial charge >= 0.3 is 0 Å². The van der Waals surface area contributed by atoms with Gasteiger partial charge in [-0.1, -0.05) is 0 Å². The largest absolute Gasteiger partial charge is 0.384 e. The molecule has 0 spiro atoms. The molecule has 1 aromatic heterocycles. The topological polar surface area (TPSA) is 74.3 Å². The van der Waals surface area contributed by atoms with E-state index in [0.717, 1.165) is 25.9 Å². The van der Waals surface area contributed by atoms with Crippen molar-refractivity contribution in [2.45, 2.75) is 30.7 Å². The van der Waals surface area contributed by atoms with Gasteiger partial charge in [-0.05, 0) is 46.0 Å². The minimum Gasteiger partial charge on any atom is -0.384 e. The van der Waals surface area contributed by atoms with Gasteiger partial charge in [0.25, 0.3) is 0 Å². The first-order chi connectivity index (χ1) is 9.53. The van der Waals surface area contributed by atoms with E-state index in [4.69, 9.17) is 0 Å². The summed E-state index contributed by atoms with van der Waals surface area (Å²) in [6, 6.07) is 1.69. The van der Waals surface area contributed by atoms with Gasteiger partial charge in [0.15, 0.2) is 0 Å². The molecule has 1 aromatic rings. The predicted molar refractivity (Wildman–Crippen MR) is 79.2 cm³/mol. The zero-order valence-electron chi connectivity index (χ0n) is 12.0. The summed E-state index contributed by atoms with van der Waals surface area (Å²) in [5.74, 6) is 0. The molecule has 1 aliphatic rings. The van der Waals surface area contributed by atoms with Gasteiger partial charge in [-0.3, -0.25) is 4.98 Å². The monoisotopic (exact) mass is 298 g/mol. The summed E-state index contributed by atoms with van der Waals surface area (Å²) >= 11 is 0. The van der Waals surface area contributed by atoms with Crippen molar-refractivity contribution >= 4 is 15.7 Å². The number of hydrogen-bond acceptors (Lipinski definition) is 5. The average Bonchev–Trinajstić information content (AvgIpc) is 2.42. The highest BCUT2D eigenvalue weighted by molar-refractivity contribution is 7.89. The number of aromatic nitrogens is 1. The van der Waals surface area contributed by atoms with Gasteiger partial charge in [-0.25, -0.2) is 13.1 Å².